The lowest BCUT2D eigenvalue weighted by Gasteiger charge is -2.38. The van der Waals surface area contributed by atoms with Crippen LogP contribution < -0.4 is 0 Å². The van der Waals surface area contributed by atoms with E-state index in [2.05, 4.69) is 0 Å². The van der Waals surface area contributed by atoms with Gasteiger partial charge in [0.2, 0.25) is 0 Å². The molecule has 0 aliphatic carbocycles. The van der Waals surface area contributed by atoms with Gasteiger partial charge in [0.25, 0.3) is 0 Å². The average molecular weight is 261 g/mol. The van der Waals surface area contributed by atoms with Crippen LogP contribution in [0.2, 0.25) is 0 Å². The number of likely N-dealkylation sites (N-methyl/N-ethyl adjacent to an activating group) is 1. The van der Waals surface area contributed by atoms with Gasteiger partial charge in [0.05, 0.1) is 11.7 Å². The van der Waals surface area contributed by atoms with Gasteiger partial charge in [0.15, 0.2) is 0 Å². The van der Waals surface area contributed by atoms with Crippen LogP contribution in [0.1, 0.15) is 31.1 Å². The highest BCUT2D eigenvalue weighted by Gasteiger charge is 2.39. The molecule has 102 valence electrons. The number of benzene rings is 1. The zero-order valence-electron chi connectivity index (χ0n) is 10.9. The third kappa shape index (κ3) is 2.84. The van der Waals surface area contributed by atoms with Crippen LogP contribution >= 0.6 is 0 Å². The molecule has 1 aromatic carbocycles. The maximum absolute atomic E-state index is 12.9. The highest BCUT2D eigenvalue weighted by molar-refractivity contribution is 5.33. The predicted octanol–water partition coefficient (Wildman–Crippen LogP) is 3.08. The number of hydrogen-bond acceptors (Lipinski definition) is 2. The second kappa shape index (κ2) is 4.90. The van der Waals surface area contributed by atoms with Crippen molar-refractivity contribution in [3.63, 3.8) is 0 Å². The fourth-order valence-electron chi connectivity index (χ4n) is 1.62. The minimum absolute atomic E-state index is 0.0938. The molecule has 0 amide bonds. The van der Waals surface area contributed by atoms with Crippen molar-refractivity contribution in [3.8, 4) is 0 Å². The molecule has 0 radical (unpaired) electrons. The Morgan fingerprint density at radius 1 is 1.11 bits per heavy atom. The molecular weight excluding hydrogens is 243 g/mol. The van der Waals surface area contributed by atoms with E-state index in [1.54, 1.807) is 32.8 Å². The van der Waals surface area contributed by atoms with Crippen LogP contribution in [0.15, 0.2) is 24.3 Å². The number of aliphatic hydroxyl groups excluding tert-OH is 1. The summed E-state index contributed by atoms with van der Waals surface area (Å²) in [7, 11) is 3.44. The molecule has 0 heterocycles. The van der Waals surface area contributed by atoms with Crippen LogP contribution in [0.5, 0.6) is 0 Å². The number of alkyl halides is 3. The van der Waals surface area contributed by atoms with E-state index in [1.165, 1.54) is 18.2 Å². The fraction of sp³-hybridized carbons (Fsp3) is 0.538. The molecule has 18 heavy (non-hydrogen) atoms. The zero-order valence-corrected chi connectivity index (χ0v) is 10.9. The van der Waals surface area contributed by atoms with Crippen molar-refractivity contribution < 1.29 is 18.3 Å². The molecule has 1 rings (SSSR count). The summed E-state index contributed by atoms with van der Waals surface area (Å²) in [6.45, 7) is 3.40. The summed E-state index contributed by atoms with van der Waals surface area (Å²) >= 11 is 0. The molecule has 1 atom stereocenters. The molecule has 1 unspecified atom stereocenters. The lowest BCUT2D eigenvalue weighted by atomic mass is 9.87. The Balaban J connectivity index is 3.26. The lowest BCUT2D eigenvalue weighted by molar-refractivity contribution is -0.140. The summed E-state index contributed by atoms with van der Waals surface area (Å²) in [4.78, 5) is 1.70. The number of nitrogens with zero attached hydrogens (tertiary/aromatic N) is 1. The van der Waals surface area contributed by atoms with Crippen molar-refractivity contribution in [2.24, 2.45) is 0 Å². The fourth-order valence-corrected chi connectivity index (χ4v) is 1.62. The molecule has 1 aromatic rings. The van der Waals surface area contributed by atoms with E-state index in [9.17, 15) is 18.3 Å². The Morgan fingerprint density at radius 2 is 1.61 bits per heavy atom. The molecular formula is C13H18F3NO. The van der Waals surface area contributed by atoms with E-state index >= 15 is 0 Å². The van der Waals surface area contributed by atoms with Gasteiger partial charge in [-0.2, -0.15) is 13.2 Å². The third-order valence-electron chi connectivity index (χ3n) is 3.38. The molecule has 1 N–H and O–H groups in total. The molecule has 0 aliphatic rings. The van der Waals surface area contributed by atoms with E-state index in [0.717, 1.165) is 6.07 Å². The summed E-state index contributed by atoms with van der Waals surface area (Å²) in [6.07, 6.45) is -5.68. The normalized spacial score (nSPS) is 14.9. The largest absolute Gasteiger partial charge is 0.416 e. The van der Waals surface area contributed by atoms with Crippen molar-refractivity contribution in [3.05, 3.63) is 35.4 Å². The maximum Gasteiger partial charge on any atom is 0.416 e. The Bertz CT molecular complexity index is 413. The highest BCUT2D eigenvalue weighted by Crippen LogP contribution is 2.38. The van der Waals surface area contributed by atoms with Crippen molar-refractivity contribution >= 4 is 0 Å². The molecule has 5 heteroatoms. The SMILES string of the molecule is CN(C)C(C)(C)C(O)c1ccccc1C(F)(F)F. The number of halogens is 3. The van der Waals surface area contributed by atoms with Crippen molar-refractivity contribution in [2.75, 3.05) is 14.1 Å². The minimum Gasteiger partial charge on any atom is -0.386 e. The molecule has 2 nitrogen and oxygen atoms in total. The topological polar surface area (TPSA) is 23.5 Å². The number of rotatable bonds is 3. The molecule has 0 aromatic heterocycles. The Labute approximate surface area is 105 Å². The van der Waals surface area contributed by atoms with Crippen LogP contribution in [0.3, 0.4) is 0 Å². The van der Waals surface area contributed by atoms with E-state index in [4.69, 9.17) is 0 Å². The van der Waals surface area contributed by atoms with Gasteiger partial charge in [-0.15, -0.1) is 0 Å². The van der Waals surface area contributed by atoms with E-state index in [-0.39, 0.29) is 5.56 Å². The first-order valence-corrected chi connectivity index (χ1v) is 5.60. The van der Waals surface area contributed by atoms with Crippen molar-refractivity contribution in [1.29, 1.82) is 0 Å². The smallest absolute Gasteiger partial charge is 0.386 e. The van der Waals surface area contributed by atoms with Gasteiger partial charge in [-0.1, -0.05) is 18.2 Å². The van der Waals surface area contributed by atoms with Crippen molar-refractivity contribution in [1.82, 2.24) is 4.90 Å². The highest BCUT2D eigenvalue weighted by atomic mass is 19.4. The summed E-state index contributed by atoms with van der Waals surface area (Å²) in [5, 5.41) is 10.2. The summed E-state index contributed by atoms with van der Waals surface area (Å²) < 4.78 is 38.6. The summed E-state index contributed by atoms with van der Waals surface area (Å²) in [6, 6.07) is 5.13. The van der Waals surface area contributed by atoms with Gasteiger partial charge >= 0.3 is 6.18 Å². The minimum atomic E-state index is -4.46. The molecule has 0 saturated carbocycles. The first kappa shape index (κ1) is 15.0. The van der Waals surface area contributed by atoms with Crippen LogP contribution in [-0.4, -0.2) is 29.6 Å². The van der Waals surface area contributed by atoms with Crippen LogP contribution in [0.25, 0.3) is 0 Å². The molecule has 0 spiro atoms. The van der Waals surface area contributed by atoms with Gasteiger partial charge in [-0.25, -0.2) is 0 Å². The van der Waals surface area contributed by atoms with Gasteiger partial charge in [-0.3, -0.25) is 0 Å². The van der Waals surface area contributed by atoms with Gasteiger partial charge in [0, 0.05) is 5.54 Å². The zero-order chi connectivity index (χ0) is 14.1. The Kier molecular flexibility index (Phi) is 4.08. The third-order valence-corrected chi connectivity index (χ3v) is 3.38. The van der Waals surface area contributed by atoms with Crippen LogP contribution in [-0.2, 0) is 6.18 Å². The summed E-state index contributed by atoms with van der Waals surface area (Å²) in [5.74, 6) is 0. The van der Waals surface area contributed by atoms with Gasteiger partial charge in [0.1, 0.15) is 0 Å². The quantitative estimate of drug-likeness (QED) is 0.903. The average Bonchev–Trinajstić information content (AvgIpc) is 2.26. The van der Waals surface area contributed by atoms with Crippen molar-refractivity contribution in [2.45, 2.75) is 31.7 Å². The van der Waals surface area contributed by atoms with E-state index < -0.39 is 23.4 Å². The molecule has 0 fully saturated rings. The molecule has 0 aliphatic heterocycles. The van der Waals surface area contributed by atoms with Gasteiger partial charge in [-0.05, 0) is 39.6 Å². The first-order chi connectivity index (χ1) is 8.08. The molecule has 0 bridgehead atoms. The van der Waals surface area contributed by atoms with Crippen LogP contribution in [0.4, 0.5) is 13.2 Å². The Hall–Kier alpha value is -1.07. The van der Waals surface area contributed by atoms with E-state index in [0.29, 0.717) is 0 Å². The van der Waals surface area contributed by atoms with Gasteiger partial charge < -0.3 is 10.0 Å². The second-order valence-corrected chi connectivity index (χ2v) is 5.04. The first-order valence-electron chi connectivity index (χ1n) is 5.60. The second-order valence-electron chi connectivity index (χ2n) is 5.04. The molecule has 0 saturated heterocycles. The number of hydrogen-bond donors (Lipinski definition) is 1. The van der Waals surface area contributed by atoms with E-state index in [1.807, 2.05) is 0 Å². The Morgan fingerprint density at radius 3 is 2.06 bits per heavy atom. The summed E-state index contributed by atoms with van der Waals surface area (Å²) in [5.41, 5.74) is -1.67. The number of aliphatic hydroxyl groups is 1. The predicted molar refractivity (Wildman–Crippen MR) is 64.2 cm³/mol. The van der Waals surface area contributed by atoms with Crippen LogP contribution in [0, 0.1) is 0 Å². The maximum atomic E-state index is 12.9. The monoisotopic (exact) mass is 261 g/mol. The standard InChI is InChI=1S/C13H18F3NO/c1-12(2,17(3)4)11(18)9-7-5-6-8-10(9)13(14,15)16/h5-8,11,18H,1-4H3. The lowest BCUT2D eigenvalue weighted by Crippen LogP contribution is -2.44.